The van der Waals surface area contributed by atoms with Gasteiger partial charge < -0.3 is 15.7 Å². The fraction of sp³-hybridized carbons (Fsp3) is 0.667. The Bertz CT molecular complexity index is 325. The molecule has 0 aromatic carbocycles. The van der Waals surface area contributed by atoms with Gasteiger partial charge in [-0.25, -0.2) is 13.2 Å². The molecule has 0 atom stereocenters. The van der Waals surface area contributed by atoms with Crippen LogP contribution in [0.25, 0.3) is 0 Å². The molecule has 0 aliphatic rings. The van der Waals surface area contributed by atoms with Crippen molar-refractivity contribution >= 4 is 22.0 Å². The van der Waals surface area contributed by atoms with E-state index in [9.17, 15) is 18.0 Å². The maximum Gasteiger partial charge on any atom is 0.337 e. The molecule has 9 heteroatoms. The molecule has 0 bridgehead atoms. The summed E-state index contributed by atoms with van der Waals surface area (Å²) in [5, 5.41) is 8.16. The van der Waals surface area contributed by atoms with Crippen molar-refractivity contribution in [2.75, 3.05) is 12.3 Å². The second-order valence-corrected chi connectivity index (χ2v) is 4.39. The molecule has 0 saturated carbocycles. The Labute approximate surface area is 86.4 Å². The van der Waals surface area contributed by atoms with Gasteiger partial charge in [-0.3, -0.25) is 4.79 Å². The topological polar surface area (TPSA) is 136 Å². The van der Waals surface area contributed by atoms with Crippen LogP contribution in [0.2, 0.25) is 0 Å². The van der Waals surface area contributed by atoms with Crippen LogP contribution in [0.1, 0.15) is 12.8 Å². The highest BCUT2D eigenvalue weighted by Gasteiger charge is 2.14. The van der Waals surface area contributed by atoms with Gasteiger partial charge in [-0.05, 0) is 17.9 Å². The van der Waals surface area contributed by atoms with E-state index in [2.05, 4.69) is 4.84 Å². The zero-order valence-electron chi connectivity index (χ0n) is 7.80. The van der Waals surface area contributed by atoms with Gasteiger partial charge in [0.2, 0.25) is 10.0 Å². The lowest BCUT2D eigenvalue weighted by Crippen LogP contribution is -2.30. The van der Waals surface area contributed by atoms with Gasteiger partial charge >= 0.3 is 11.9 Å². The molecule has 0 amide bonds. The number of carbonyl (C=O) groups excluding carboxylic acids is 1. The number of aliphatic carboxylic acids is 1. The van der Waals surface area contributed by atoms with E-state index in [1.165, 1.54) is 4.89 Å². The van der Waals surface area contributed by atoms with Crippen molar-refractivity contribution in [1.82, 2.24) is 4.89 Å². The number of carboxylic acid groups (broad SMARTS) is 1. The number of nitrogens with one attached hydrogen (secondary N) is 1. The van der Waals surface area contributed by atoms with E-state index in [4.69, 9.17) is 10.8 Å². The molecule has 0 radical (unpaired) electrons. The predicted molar refractivity (Wildman–Crippen MR) is 48.9 cm³/mol. The maximum atomic E-state index is 11.0. The summed E-state index contributed by atoms with van der Waals surface area (Å²) in [6.45, 7) is 0.185. The summed E-state index contributed by atoms with van der Waals surface area (Å²) in [6.07, 6.45) is -0.689. The van der Waals surface area contributed by atoms with Crippen LogP contribution in [0.3, 0.4) is 0 Å². The van der Waals surface area contributed by atoms with Gasteiger partial charge in [-0.15, -0.1) is 0 Å². The lowest BCUT2D eigenvalue weighted by molar-refractivity contribution is -0.153. The van der Waals surface area contributed by atoms with E-state index in [0.717, 1.165) is 0 Å². The molecule has 88 valence electrons. The van der Waals surface area contributed by atoms with Gasteiger partial charge in [0.25, 0.3) is 0 Å². The second-order valence-electron chi connectivity index (χ2n) is 2.59. The molecule has 0 spiro atoms. The van der Waals surface area contributed by atoms with Crippen molar-refractivity contribution in [3.8, 4) is 0 Å². The monoisotopic (exact) mass is 240 g/mol. The number of nitrogens with two attached hydrogens (primary N) is 1. The van der Waals surface area contributed by atoms with E-state index < -0.39 is 28.4 Å². The summed E-state index contributed by atoms with van der Waals surface area (Å²) in [4.78, 5) is 26.1. The van der Waals surface area contributed by atoms with Gasteiger partial charge in [0.05, 0.1) is 5.75 Å². The zero-order valence-corrected chi connectivity index (χ0v) is 8.62. The molecule has 0 rings (SSSR count). The highest BCUT2D eigenvalue weighted by atomic mass is 32.2. The molecule has 0 unspecified atom stereocenters. The van der Waals surface area contributed by atoms with Crippen LogP contribution < -0.4 is 10.6 Å². The Kier molecular flexibility index (Phi) is 5.82. The van der Waals surface area contributed by atoms with Gasteiger partial charge in [0.1, 0.15) is 6.42 Å². The van der Waals surface area contributed by atoms with Crippen LogP contribution in [0.15, 0.2) is 0 Å². The second kappa shape index (κ2) is 6.32. The Balaban J connectivity index is 3.93. The predicted octanol–water partition coefficient (Wildman–Crippen LogP) is -1.81. The summed E-state index contributed by atoms with van der Waals surface area (Å²) in [5.41, 5.74) is 5.08. The highest BCUT2D eigenvalue weighted by molar-refractivity contribution is 7.89. The molecular formula is C6H12N2O6S. The van der Waals surface area contributed by atoms with Gasteiger partial charge in [-0.1, -0.05) is 0 Å². The fourth-order valence-corrected chi connectivity index (χ4v) is 1.43. The molecule has 0 heterocycles. The Morgan fingerprint density at radius 2 is 2.00 bits per heavy atom. The Hall–Kier alpha value is -1.19. The van der Waals surface area contributed by atoms with Crippen LogP contribution in [0.5, 0.6) is 0 Å². The van der Waals surface area contributed by atoms with Crippen LogP contribution in [0, 0.1) is 0 Å². The van der Waals surface area contributed by atoms with Gasteiger partial charge in [0.15, 0.2) is 0 Å². The zero-order chi connectivity index (χ0) is 11.9. The van der Waals surface area contributed by atoms with Crippen LogP contribution in [-0.4, -0.2) is 37.8 Å². The van der Waals surface area contributed by atoms with Crippen LogP contribution in [-0.2, 0) is 24.4 Å². The number of hydrogen-bond donors (Lipinski definition) is 3. The van der Waals surface area contributed by atoms with Gasteiger partial charge in [0, 0.05) is 0 Å². The minimum atomic E-state index is -3.74. The van der Waals surface area contributed by atoms with E-state index in [1.807, 2.05) is 0 Å². The summed E-state index contributed by atoms with van der Waals surface area (Å²) < 4.78 is 22.0. The number of carbonyl (C=O) groups is 2. The van der Waals surface area contributed by atoms with Crippen molar-refractivity contribution in [2.24, 2.45) is 5.73 Å². The normalized spacial score (nSPS) is 11.0. The summed E-state index contributed by atoms with van der Waals surface area (Å²) in [5.74, 6) is -2.87. The summed E-state index contributed by atoms with van der Waals surface area (Å²) >= 11 is 0. The van der Waals surface area contributed by atoms with Crippen molar-refractivity contribution < 1.29 is 28.0 Å². The molecule has 8 nitrogen and oxygen atoms in total. The largest absolute Gasteiger partial charge is 0.481 e. The van der Waals surface area contributed by atoms with E-state index in [1.54, 1.807) is 0 Å². The summed E-state index contributed by atoms with van der Waals surface area (Å²) in [6, 6.07) is 0. The SMILES string of the molecule is NCCCS(=O)(=O)NOC(=O)CC(=O)O. The molecule has 0 aromatic rings. The molecule has 0 aliphatic heterocycles. The van der Waals surface area contributed by atoms with Crippen LogP contribution in [0.4, 0.5) is 0 Å². The quantitative estimate of drug-likeness (QED) is 0.352. The average molecular weight is 240 g/mol. The smallest absolute Gasteiger partial charge is 0.337 e. The first kappa shape index (κ1) is 13.8. The summed E-state index contributed by atoms with van der Waals surface area (Å²) in [7, 11) is -3.74. The number of sulfonamides is 1. The molecule has 4 N–H and O–H groups in total. The fourth-order valence-electron chi connectivity index (χ4n) is 0.585. The van der Waals surface area contributed by atoms with Crippen LogP contribution >= 0.6 is 0 Å². The molecule has 0 fully saturated rings. The average Bonchev–Trinajstić information content (AvgIpc) is 2.11. The Morgan fingerprint density at radius 1 is 1.40 bits per heavy atom. The standard InChI is InChI=1S/C6H12N2O6S/c7-2-1-3-15(12,13)8-14-6(11)4-5(9)10/h8H,1-4,7H2,(H,9,10). The van der Waals surface area contributed by atoms with Crippen molar-refractivity contribution in [1.29, 1.82) is 0 Å². The highest BCUT2D eigenvalue weighted by Crippen LogP contribution is 1.90. The molecule has 0 aromatic heterocycles. The van der Waals surface area contributed by atoms with E-state index >= 15 is 0 Å². The third kappa shape index (κ3) is 7.85. The maximum absolute atomic E-state index is 11.0. The number of rotatable bonds is 7. The van der Waals surface area contributed by atoms with E-state index in [0.29, 0.717) is 0 Å². The molecule has 0 saturated heterocycles. The third-order valence-corrected chi connectivity index (χ3v) is 2.36. The lowest BCUT2D eigenvalue weighted by atomic mass is 10.5. The first-order valence-electron chi connectivity index (χ1n) is 3.98. The van der Waals surface area contributed by atoms with Gasteiger partial charge in [-0.2, -0.15) is 0 Å². The molecule has 0 aliphatic carbocycles. The van der Waals surface area contributed by atoms with E-state index in [-0.39, 0.29) is 18.7 Å². The first-order chi connectivity index (χ1) is 6.87. The molecule has 15 heavy (non-hydrogen) atoms. The van der Waals surface area contributed by atoms with Crippen molar-refractivity contribution in [2.45, 2.75) is 12.8 Å². The minimum Gasteiger partial charge on any atom is -0.481 e. The minimum absolute atomic E-state index is 0.185. The third-order valence-electron chi connectivity index (χ3n) is 1.20. The number of hydrogen-bond acceptors (Lipinski definition) is 6. The van der Waals surface area contributed by atoms with Crippen molar-refractivity contribution in [3.05, 3.63) is 0 Å². The Morgan fingerprint density at radius 3 is 2.47 bits per heavy atom. The lowest BCUT2D eigenvalue weighted by Gasteiger charge is -2.04. The number of carboxylic acids is 1. The first-order valence-corrected chi connectivity index (χ1v) is 5.63. The van der Waals surface area contributed by atoms with Crippen molar-refractivity contribution in [3.63, 3.8) is 0 Å². The molecular weight excluding hydrogens is 228 g/mol.